The van der Waals surface area contributed by atoms with Crippen LogP contribution in [-0.2, 0) is 9.05 Å². The van der Waals surface area contributed by atoms with E-state index in [0.717, 1.165) is 24.3 Å². The van der Waals surface area contributed by atoms with Crippen LogP contribution in [0.1, 0.15) is 40.5 Å². The van der Waals surface area contributed by atoms with E-state index in [-0.39, 0.29) is 0 Å². The van der Waals surface area contributed by atoms with E-state index in [1.54, 1.807) is 5.70 Å². The zero-order valence-corrected chi connectivity index (χ0v) is 11.9. The van der Waals surface area contributed by atoms with Crippen molar-refractivity contribution in [1.29, 1.82) is 0 Å². The standard InChI is InChI=1S/C11H22N2O2Si/c1-7-10(4)12-14-16(6,9-3)15-13-11(5)8-2/h9H,3,7-8H2,1-2,4-6H3/b12-10+,13-11+. The number of hydrogen-bond acceptors (Lipinski definition) is 4. The van der Waals surface area contributed by atoms with Gasteiger partial charge in [-0.3, -0.25) is 0 Å². The molecule has 0 aliphatic heterocycles. The molecule has 0 amide bonds. The van der Waals surface area contributed by atoms with Crippen molar-refractivity contribution in [3.8, 4) is 0 Å². The molecule has 0 aromatic carbocycles. The van der Waals surface area contributed by atoms with Crippen LogP contribution in [0.2, 0.25) is 6.55 Å². The maximum Gasteiger partial charge on any atom is 0.531 e. The van der Waals surface area contributed by atoms with Gasteiger partial charge in [-0.25, -0.2) is 0 Å². The summed E-state index contributed by atoms with van der Waals surface area (Å²) < 4.78 is 10.8. The Balaban J connectivity index is 4.48. The average Bonchev–Trinajstić information content (AvgIpc) is 2.32. The van der Waals surface area contributed by atoms with Crippen LogP contribution in [0.15, 0.2) is 22.6 Å². The lowest BCUT2D eigenvalue weighted by Crippen LogP contribution is -2.33. The molecule has 0 aliphatic rings. The number of nitrogens with zero attached hydrogens (tertiary/aromatic N) is 2. The molecule has 0 saturated heterocycles. The second-order valence-corrected chi connectivity index (χ2v) is 6.57. The molecule has 0 radical (unpaired) electrons. The van der Waals surface area contributed by atoms with E-state index in [2.05, 4.69) is 16.9 Å². The van der Waals surface area contributed by atoms with Gasteiger partial charge in [-0.2, -0.15) is 0 Å². The van der Waals surface area contributed by atoms with Crippen molar-refractivity contribution in [2.75, 3.05) is 0 Å². The van der Waals surface area contributed by atoms with Gasteiger partial charge in [0, 0.05) is 6.55 Å². The summed E-state index contributed by atoms with van der Waals surface area (Å²) in [6, 6.07) is 0. The maximum atomic E-state index is 5.41. The van der Waals surface area contributed by atoms with Crippen LogP contribution in [0.4, 0.5) is 0 Å². The SMILES string of the molecule is C=C[Si](C)(O/N=C(\C)CC)O/N=C(\C)CC. The normalized spacial score (nSPS) is 13.6. The van der Waals surface area contributed by atoms with E-state index in [0.29, 0.717) is 0 Å². The first-order valence-electron chi connectivity index (χ1n) is 5.54. The third kappa shape index (κ3) is 5.70. The van der Waals surface area contributed by atoms with Gasteiger partial charge >= 0.3 is 8.56 Å². The molecule has 0 atom stereocenters. The Morgan fingerprint density at radius 1 is 1.12 bits per heavy atom. The van der Waals surface area contributed by atoms with Gasteiger partial charge in [-0.15, -0.1) is 16.9 Å². The Bertz CT molecular complexity index is 266. The first-order chi connectivity index (χ1) is 7.47. The largest absolute Gasteiger partial charge is 0.531 e. The molecule has 5 heteroatoms. The average molecular weight is 242 g/mol. The van der Waals surface area contributed by atoms with Gasteiger partial charge in [0.05, 0.1) is 11.4 Å². The van der Waals surface area contributed by atoms with Crippen molar-refractivity contribution in [3.63, 3.8) is 0 Å². The highest BCUT2D eigenvalue weighted by Crippen LogP contribution is 2.10. The minimum atomic E-state index is -2.49. The lowest BCUT2D eigenvalue weighted by molar-refractivity contribution is 0.197. The first kappa shape index (κ1) is 14.9. The summed E-state index contributed by atoms with van der Waals surface area (Å²) in [5, 5.41) is 8.00. The molecule has 0 heterocycles. The molecule has 0 aromatic rings. The Hall–Kier alpha value is -1.10. The van der Waals surface area contributed by atoms with Crippen molar-refractivity contribution in [3.05, 3.63) is 12.3 Å². The summed E-state index contributed by atoms with van der Waals surface area (Å²) in [6.07, 6.45) is 1.72. The van der Waals surface area contributed by atoms with E-state index in [9.17, 15) is 0 Å². The van der Waals surface area contributed by atoms with Crippen LogP contribution >= 0.6 is 0 Å². The van der Waals surface area contributed by atoms with Crippen LogP contribution in [0.5, 0.6) is 0 Å². The topological polar surface area (TPSA) is 43.2 Å². The number of rotatable bonds is 7. The zero-order chi connectivity index (χ0) is 12.6. The summed E-state index contributed by atoms with van der Waals surface area (Å²) in [5.74, 6) is 0. The fourth-order valence-corrected chi connectivity index (χ4v) is 1.41. The summed E-state index contributed by atoms with van der Waals surface area (Å²) >= 11 is 0. The maximum absolute atomic E-state index is 5.41. The van der Waals surface area contributed by atoms with Gasteiger partial charge in [0.15, 0.2) is 0 Å². The van der Waals surface area contributed by atoms with Crippen molar-refractivity contribution < 1.29 is 9.05 Å². The van der Waals surface area contributed by atoms with E-state index in [1.165, 1.54) is 0 Å². The molecule has 0 unspecified atom stereocenters. The van der Waals surface area contributed by atoms with Gasteiger partial charge in [0.1, 0.15) is 0 Å². The highest BCUT2D eigenvalue weighted by Gasteiger charge is 2.33. The molecule has 0 N–H and O–H groups in total. The molecular weight excluding hydrogens is 220 g/mol. The molecular formula is C11H22N2O2Si. The van der Waals surface area contributed by atoms with Crippen molar-refractivity contribution in [2.24, 2.45) is 10.3 Å². The Labute approximate surface area is 99.3 Å². The summed E-state index contributed by atoms with van der Waals surface area (Å²) in [4.78, 5) is 0. The van der Waals surface area contributed by atoms with E-state index < -0.39 is 8.56 Å². The van der Waals surface area contributed by atoms with Crippen LogP contribution in [0, 0.1) is 0 Å². The zero-order valence-electron chi connectivity index (χ0n) is 10.9. The predicted molar refractivity (Wildman–Crippen MR) is 70.8 cm³/mol. The molecule has 0 saturated carbocycles. The van der Waals surface area contributed by atoms with Crippen molar-refractivity contribution in [1.82, 2.24) is 0 Å². The Morgan fingerprint density at radius 3 is 1.75 bits per heavy atom. The molecule has 4 nitrogen and oxygen atoms in total. The van der Waals surface area contributed by atoms with Gasteiger partial charge in [0.2, 0.25) is 0 Å². The summed E-state index contributed by atoms with van der Waals surface area (Å²) in [6.45, 7) is 13.4. The molecule has 0 aromatic heterocycles. The highest BCUT2D eigenvalue weighted by atomic mass is 28.4. The molecule has 0 rings (SSSR count). The molecule has 16 heavy (non-hydrogen) atoms. The van der Waals surface area contributed by atoms with Gasteiger partial charge < -0.3 is 9.05 Å². The minimum Gasteiger partial charge on any atom is -0.404 e. The molecule has 0 fully saturated rings. The van der Waals surface area contributed by atoms with Gasteiger partial charge in [0.25, 0.3) is 0 Å². The Morgan fingerprint density at radius 2 is 1.50 bits per heavy atom. The number of hydrogen-bond donors (Lipinski definition) is 0. The lowest BCUT2D eigenvalue weighted by atomic mass is 10.3. The monoisotopic (exact) mass is 242 g/mol. The third-order valence-corrected chi connectivity index (χ3v) is 3.81. The first-order valence-corrected chi connectivity index (χ1v) is 7.93. The fraction of sp³-hybridized carbons (Fsp3) is 0.636. The molecule has 0 spiro atoms. The molecule has 0 bridgehead atoms. The number of oxime groups is 2. The van der Waals surface area contributed by atoms with Crippen molar-refractivity contribution in [2.45, 2.75) is 47.1 Å². The van der Waals surface area contributed by atoms with Gasteiger partial charge in [-0.05, 0) is 32.4 Å². The predicted octanol–water partition coefficient (Wildman–Crippen LogP) is 3.39. The second-order valence-electron chi connectivity index (χ2n) is 3.76. The van der Waals surface area contributed by atoms with Gasteiger partial charge in [-0.1, -0.05) is 13.8 Å². The van der Waals surface area contributed by atoms with E-state index in [4.69, 9.17) is 9.05 Å². The fourth-order valence-electron chi connectivity index (χ4n) is 0.557. The lowest BCUT2D eigenvalue weighted by Gasteiger charge is -2.17. The smallest absolute Gasteiger partial charge is 0.404 e. The highest BCUT2D eigenvalue weighted by molar-refractivity contribution is 6.71. The van der Waals surface area contributed by atoms with Crippen LogP contribution in [0.3, 0.4) is 0 Å². The summed E-state index contributed by atoms with van der Waals surface area (Å²) in [5.41, 5.74) is 3.53. The third-order valence-electron chi connectivity index (χ3n) is 2.16. The van der Waals surface area contributed by atoms with Crippen LogP contribution in [-0.4, -0.2) is 20.0 Å². The van der Waals surface area contributed by atoms with E-state index >= 15 is 0 Å². The van der Waals surface area contributed by atoms with Crippen LogP contribution in [0.25, 0.3) is 0 Å². The Kier molecular flexibility index (Phi) is 6.72. The van der Waals surface area contributed by atoms with E-state index in [1.807, 2.05) is 34.2 Å². The second kappa shape index (κ2) is 7.22. The quantitative estimate of drug-likeness (QED) is 0.390. The molecule has 92 valence electrons. The summed E-state index contributed by atoms with van der Waals surface area (Å²) in [7, 11) is -2.49. The van der Waals surface area contributed by atoms with Crippen molar-refractivity contribution >= 4 is 20.0 Å². The molecule has 0 aliphatic carbocycles. The van der Waals surface area contributed by atoms with Crippen LogP contribution < -0.4 is 0 Å². The minimum absolute atomic E-state index is 0.860.